The van der Waals surface area contributed by atoms with Crippen molar-refractivity contribution in [3.8, 4) is 56.0 Å². The van der Waals surface area contributed by atoms with Crippen LogP contribution in [0.25, 0.3) is 76.8 Å². The molecule has 0 aliphatic heterocycles. The molecule has 1 aliphatic rings. The van der Waals surface area contributed by atoms with Crippen molar-refractivity contribution in [3.63, 3.8) is 0 Å². The summed E-state index contributed by atoms with van der Waals surface area (Å²) in [5.74, 6) is 0.334. The number of fused-ring (bicyclic) bond motifs is 4. The number of rotatable bonds is 11. The maximum Gasteiger partial charge on any atom is 0.132 e. The van der Waals surface area contributed by atoms with E-state index < -0.39 is 12.1 Å². The molecule has 4 nitrogen and oxygen atoms in total. The first-order valence-corrected chi connectivity index (χ1v) is 24.7. The lowest BCUT2D eigenvalue weighted by atomic mass is 9.81. The molecule has 12 rings (SSSR count). The average molecular weight is 927 g/mol. The van der Waals surface area contributed by atoms with Crippen LogP contribution in [-0.2, 0) is 12.8 Å². The molecule has 0 fully saturated rings. The van der Waals surface area contributed by atoms with Crippen molar-refractivity contribution in [1.82, 2.24) is 0 Å². The lowest BCUT2D eigenvalue weighted by molar-refractivity contribution is 0.476. The molecule has 0 aromatic heterocycles. The fourth-order valence-electron chi connectivity index (χ4n) is 10.8. The van der Waals surface area contributed by atoms with E-state index in [1.165, 1.54) is 11.1 Å². The zero-order chi connectivity index (χ0) is 48.4. The Morgan fingerprint density at radius 3 is 1.29 bits per heavy atom. The number of hydrogen-bond acceptors (Lipinski definition) is 4. The Hall–Kier alpha value is -9.12. The van der Waals surface area contributed by atoms with Gasteiger partial charge in [0.05, 0.1) is 0 Å². The molecule has 4 heteroatoms. The summed E-state index contributed by atoms with van der Waals surface area (Å²) in [7, 11) is 0. The Morgan fingerprint density at radius 2 is 0.764 bits per heavy atom. The predicted molar refractivity (Wildman–Crippen MR) is 301 cm³/mol. The van der Waals surface area contributed by atoms with Gasteiger partial charge in [-0.05, 0) is 107 Å². The van der Waals surface area contributed by atoms with Crippen molar-refractivity contribution in [2.75, 3.05) is 0 Å². The van der Waals surface area contributed by atoms with E-state index in [1.54, 1.807) is 0 Å². The fourth-order valence-corrected chi connectivity index (χ4v) is 10.8. The number of phenols is 2. The summed E-state index contributed by atoms with van der Waals surface area (Å²) < 4.78 is 0. The molecule has 11 aromatic carbocycles. The summed E-state index contributed by atoms with van der Waals surface area (Å²) in [6.45, 7) is 0. The van der Waals surface area contributed by atoms with Gasteiger partial charge in [-0.1, -0.05) is 231 Å². The van der Waals surface area contributed by atoms with Crippen molar-refractivity contribution in [2.24, 2.45) is 9.98 Å². The van der Waals surface area contributed by atoms with Gasteiger partial charge >= 0.3 is 0 Å². The van der Waals surface area contributed by atoms with Gasteiger partial charge in [-0.15, -0.1) is 0 Å². The minimum absolute atomic E-state index is 0.152. The van der Waals surface area contributed by atoms with Gasteiger partial charge in [-0.25, -0.2) is 0 Å². The minimum atomic E-state index is -0.531. The Bertz CT molecular complexity index is 3880. The number of benzene rings is 11. The molecule has 0 unspecified atom stereocenters. The van der Waals surface area contributed by atoms with Gasteiger partial charge in [-0.3, -0.25) is 9.98 Å². The number of phenolic OH excluding ortho intramolecular Hbond substituents is 2. The van der Waals surface area contributed by atoms with Crippen LogP contribution >= 0.6 is 0 Å². The van der Waals surface area contributed by atoms with Crippen molar-refractivity contribution >= 4 is 44.7 Å². The van der Waals surface area contributed by atoms with Crippen molar-refractivity contribution < 1.29 is 10.2 Å². The summed E-state index contributed by atoms with van der Waals surface area (Å²) in [6, 6.07) is 78.1. The molecule has 11 aromatic rings. The largest absolute Gasteiger partial charge is 0.507 e. The number of allylic oxidation sites excluding steroid dienone is 2. The van der Waals surface area contributed by atoms with Gasteiger partial charge in [0.1, 0.15) is 23.6 Å². The zero-order valence-corrected chi connectivity index (χ0v) is 39.6. The Morgan fingerprint density at radius 1 is 0.361 bits per heavy atom. The van der Waals surface area contributed by atoms with Gasteiger partial charge in [-0.2, -0.15) is 0 Å². The predicted octanol–water partition coefficient (Wildman–Crippen LogP) is 16.9. The van der Waals surface area contributed by atoms with E-state index in [-0.39, 0.29) is 11.5 Å². The third kappa shape index (κ3) is 8.23. The highest BCUT2D eigenvalue weighted by Gasteiger charge is 2.27. The molecular weight excluding hydrogens is 877 g/mol. The smallest absolute Gasteiger partial charge is 0.132 e. The second kappa shape index (κ2) is 19.3. The summed E-state index contributed by atoms with van der Waals surface area (Å²) in [5.41, 5.74) is 13.5. The van der Waals surface area contributed by atoms with Gasteiger partial charge in [0.25, 0.3) is 0 Å². The van der Waals surface area contributed by atoms with E-state index in [0.29, 0.717) is 11.1 Å². The lowest BCUT2D eigenvalue weighted by Gasteiger charge is -2.24. The molecule has 1 aliphatic carbocycles. The van der Waals surface area contributed by atoms with E-state index in [2.05, 4.69) is 164 Å². The molecule has 72 heavy (non-hydrogen) atoms. The topological polar surface area (TPSA) is 65.2 Å². The number of aromatic hydroxyl groups is 2. The molecule has 2 N–H and O–H groups in total. The fraction of sp³-hybridized carbons (Fsp3) is 0.0588. The van der Waals surface area contributed by atoms with E-state index in [9.17, 15) is 10.2 Å². The second-order valence-electron chi connectivity index (χ2n) is 18.5. The number of nitrogens with zero attached hydrogens (tertiary/aromatic N) is 2. The van der Waals surface area contributed by atoms with Crippen molar-refractivity contribution in [1.29, 1.82) is 0 Å². The van der Waals surface area contributed by atoms with Crippen LogP contribution in [0.2, 0.25) is 0 Å². The molecule has 344 valence electrons. The second-order valence-corrected chi connectivity index (χ2v) is 18.5. The highest BCUT2D eigenvalue weighted by molar-refractivity contribution is 6.15. The Kier molecular flexibility index (Phi) is 11.9. The van der Waals surface area contributed by atoms with Crippen LogP contribution < -0.4 is 0 Å². The van der Waals surface area contributed by atoms with Crippen LogP contribution in [0.15, 0.2) is 253 Å². The first-order chi connectivity index (χ1) is 35.6. The van der Waals surface area contributed by atoms with Gasteiger partial charge < -0.3 is 10.2 Å². The van der Waals surface area contributed by atoms with Crippen molar-refractivity contribution in [3.05, 3.63) is 276 Å². The normalized spacial score (nSPS) is 13.3. The molecule has 0 heterocycles. The van der Waals surface area contributed by atoms with Crippen LogP contribution in [0.1, 0.15) is 45.5 Å². The van der Waals surface area contributed by atoms with E-state index >= 15 is 0 Å². The first-order valence-electron chi connectivity index (χ1n) is 24.7. The molecular formula is C68H50N2O2. The van der Waals surface area contributed by atoms with Crippen LogP contribution in [0.3, 0.4) is 0 Å². The van der Waals surface area contributed by atoms with E-state index in [0.717, 1.165) is 101 Å². The maximum atomic E-state index is 12.8. The highest BCUT2D eigenvalue weighted by Crippen LogP contribution is 2.49. The summed E-state index contributed by atoms with van der Waals surface area (Å²) in [6.07, 6.45) is 9.75. The van der Waals surface area contributed by atoms with E-state index in [4.69, 9.17) is 9.98 Å². The van der Waals surface area contributed by atoms with E-state index in [1.807, 2.05) is 91.3 Å². The average Bonchev–Trinajstić information content (AvgIpc) is 3.44. The quantitative estimate of drug-likeness (QED) is 0.100. The number of hydrogen-bond donors (Lipinski definition) is 2. The van der Waals surface area contributed by atoms with Crippen molar-refractivity contribution in [2.45, 2.75) is 24.9 Å². The van der Waals surface area contributed by atoms with Crippen LogP contribution in [0.4, 0.5) is 0 Å². The maximum absolute atomic E-state index is 12.8. The van der Waals surface area contributed by atoms with Gasteiger partial charge in [0.2, 0.25) is 0 Å². The monoisotopic (exact) mass is 926 g/mol. The third-order valence-corrected chi connectivity index (χ3v) is 14.3. The SMILES string of the molecule is Oc1c(C=N[C@@H](c2ccccc2)[C@@H](N=Cc2cc3ccccc3c(-c3c(-c4ccccc4)ccc4ccccc34)c2O)c2ccccc2)cc2ccccc2c1-c1c(-c2ccccc2)ccc2c1CC=CC2. The van der Waals surface area contributed by atoms with Gasteiger partial charge in [0, 0.05) is 40.2 Å². The standard InChI is InChI=1S/C68H50N2O2/c71-67-53(41-51-31-15-19-35-57(51)63(67)61-55-33-17-13-25-47(55)37-39-59(61)45-21-5-1-6-22-45)43-69-65(49-27-9-3-10-28-49)66(50-29-11-4-12-30-50)70-44-54-42-52-32-16-20-36-58(52)64(68(54)72)62-56-34-18-14-26-48(56)38-40-60(62)46-23-7-2-8-24-46/h1-25,27-33,35-44,65-66,71-72H,26,34H2/t65-,66-/m0/s1. The number of aliphatic imine (C=N–C) groups is 2. The molecule has 0 spiro atoms. The Labute approximate surface area is 419 Å². The summed E-state index contributed by atoms with van der Waals surface area (Å²) >= 11 is 0. The minimum Gasteiger partial charge on any atom is -0.507 e. The highest BCUT2D eigenvalue weighted by atomic mass is 16.3. The van der Waals surface area contributed by atoms with Gasteiger partial charge in [0.15, 0.2) is 0 Å². The molecule has 2 atom stereocenters. The molecule has 0 bridgehead atoms. The molecule has 0 saturated carbocycles. The molecule has 0 saturated heterocycles. The lowest BCUT2D eigenvalue weighted by Crippen LogP contribution is -2.09. The van der Waals surface area contributed by atoms with Crippen LogP contribution in [0.5, 0.6) is 11.5 Å². The summed E-state index contributed by atoms with van der Waals surface area (Å²) in [5, 5.41) is 31.7. The van der Waals surface area contributed by atoms with Crippen LogP contribution in [-0.4, -0.2) is 22.6 Å². The first kappa shape index (κ1) is 44.1. The van der Waals surface area contributed by atoms with Crippen LogP contribution in [0, 0.1) is 0 Å². The Balaban J connectivity index is 1.03. The molecule has 0 radical (unpaired) electrons. The third-order valence-electron chi connectivity index (χ3n) is 14.3. The summed E-state index contributed by atoms with van der Waals surface area (Å²) in [4.78, 5) is 10.9. The zero-order valence-electron chi connectivity index (χ0n) is 39.6. The molecule has 0 amide bonds.